The minimum Gasteiger partial charge on any atom is -0.243 e. The maximum atomic E-state index is 6.14. The molecule has 0 radical (unpaired) electrons. The minimum atomic E-state index is 0.485. The zero-order valence-corrected chi connectivity index (χ0v) is 10.9. The van der Waals surface area contributed by atoms with Crippen molar-refractivity contribution in [2.24, 2.45) is 0 Å². The molecule has 0 unspecified atom stereocenters. The van der Waals surface area contributed by atoms with Crippen LogP contribution >= 0.6 is 34.5 Å². The Morgan fingerprint density at radius 1 is 1.06 bits per heavy atom. The molecule has 0 saturated carbocycles. The zero-order chi connectivity index (χ0) is 11.8. The Balaban J connectivity index is 2.26. The Bertz CT molecular complexity index is 694. The van der Waals surface area contributed by atoms with Gasteiger partial charge in [0, 0.05) is 11.8 Å². The van der Waals surface area contributed by atoms with Crippen LogP contribution in [-0.2, 0) is 0 Å². The van der Waals surface area contributed by atoms with Gasteiger partial charge in [0.15, 0.2) is 0 Å². The number of benzene rings is 1. The van der Waals surface area contributed by atoms with Gasteiger partial charge in [-0.1, -0.05) is 41.4 Å². The molecule has 3 aromatic rings. The fraction of sp³-hybridized carbons (Fsp3) is 0. The van der Waals surface area contributed by atoms with E-state index in [9.17, 15) is 0 Å². The highest BCUT2D eigenvalue weighted by molar-refractivity contribution is 7.22. The monoisotopic (exact) mass is 280 g/mol. The van der Waals surface area contributed by atoms with Gasteiger partial charge >= 0.3 is 0 Å². The van der Waals surface area contributed by atoms with Gasteiger partial charge in [0.05, 0.1) is 15.2 Å². The summed E-state index contributed by atoms with van der Waals surface area (Å²) in [6, 6.07) is 9.48. The van der Waals surface area contributed by atoms with E-state index in [1.165, 1.54) is 11.3 Å². The number of hydrogen-bond acceptors (Lipinski definition) is 3. The van der Waals surface area contributed by atoms with Gasteiger partial charge in [-0.25, -0.2) is 9.97 Å². The van der Waals surface area contributed by atoms with Crippen LogP contribution in [0.5, 0.6) is 0 Å². The van der Waals surface area contributed by atoms with Crippen molar-refractivity contribution in [2.45, 2.75) is 0 Å². The predicted molar refractivity (Wildman–Crippen MR) is 72.9 cm³/mol. The SMILES string of the molecule is Clc1ccccc1-c1nc2ccnc(Cl)c2s1. The maximum Gasteiger partial charge on any atom is 0.148 e. The van der Waals surface area contributed by atoms with Crippen LogP contribution in [-0.4, -0.2) is 9.97 Å². The molecular formula is C12H6Cl2N2S. The van der Waals surface area contributed by atoms with E-state index in [-0.39, 0.29) is 0 Å². The second-order valence-electron chi connectivity index (χ2n) is 3.45. The first-order valence-corrected chi connectivity index (χ1v) is 6.49. The van der Waals surface area contributed by atoms with Crippen LogP contribution in [0.2, 0.25) is 10.2 Å². The lowest BCUT2D eigenvalue weighted by Crippen LogP contribution is -1.77. The number of rotatable bonds is 1. The number of aromatic nitrogens is 2. The topological polar surface area (TPSA) is 25.8 Å². The number of thiazole rings is 1. The average molecular weight is 281 g/mol. The molecule has 0 spiro atoms. The second-order valence-corrected chi connectivity index (χ2v) is 5.21. The third-order valence-corrected chi connectivity index (χ3v) is 4.20. The molecule has 0 N–H and O–H groups in total. The van der Waals surface area contributed by atoms with E-state index in [2.05, 4.69) is 9.97 Å². The lowest BCUT2D eigenvalue weighted by atomic mass is 10.2. The van der Waals surface area contributed by atoms with Gasteiger partial charge < -0.3 is 0 Å². The summed E-state index contributed by atoms with van der Waals surface area (Å²) in [6.07, 6.45) is 1.65. The molecule has 0 saturated heterocycles. The molecule has 2 heterocycles. The summed E-state index contributed by atoms with van der Waals surface area (Å²) in [5.41, 5.74) is 1.77. The largest absolute Gasteiger partial charge is 0.243 e. The lowest BCUT2D eigenvalue weighted by molar-refractivity contribution is 1.35. The Kier molecular flexibility index (Phi) is 2.74. The number of pyridine rings is 1. The first-order valence-electron chi connectivity index (χ1n) is 4.91. The van der Waals surface area contributed by atoms with Crippen LogP contribution < -0.4 is 0 Å². The fourth-order valence-electron chi connectivity index (χ4n) is 1.57. The van der Waals surface area contributed by atoms with Gasteiger partial charge in [0.2, 0.25) is 0 Å². The fourth-order valence-corrected chi connectivity index (χ4v) is 3.11. The minimum absolute atomic E-state index is 0.485. The van der Waals surface area contributed by atoms with Crippen molar-refractivity contribution in [3.05, 3.63) is 46.7 Å². The normalized spacial score (nSPS) is 10.9. The van der Waals surface area contributed by atoms with Crippen molar-refractivity contribution in [3.8, 4) is 10.6 Å². The summed E-state index contributed by atoms with van der Waals surface area (Å²) in [4.78, 5) is 8.55. The van der Waals surface area contributed by atoms with E-state index < -0.39 is 0 Å². The van der Waals surface area contributed by atoms with E-state index >= 15 is 0 Å². The Labute approximate surface area is 112 Å². The molecule has 0 aliphatic heterocycles. The summed E-state index contributed by atoms with van der Waals surface area (Å²) in [6.45, 7) is 0. The highest BCUT2D eigenvalue weighted by Gasteiger charge is 2.11. The van der Waals surface area contributed by atoms with Crippen molar-refractivity contribution in [1.29, 1.82) is 0 Å². The number of halogens is 2. The van der Waals surface area contributed by atoms with Crippen LogP contribution in [0.15, 0.2) is 36.5 Å². The quantitative estimate of drug-likeness (QED) is 0.606. The zero-order valence-electron chi connectivity index (χ0n) is 8.52. The highest BCUT2D eigenvalue weighted by atomic mass is 35.5. The maximum absolute atomic E-state index is 6.14. The smallest absolute Gasteiger partial charge is 0.148 e. The first-order chi connectivity index (χ1) is 8.25. The van der Waals surface area contributed by atoms with E-state index in [0.29, 0.717) is 10.2 Å². The van der Waals surface area contributed by atoms with Crippen LogP contribution in [0.4, 0.5) is 0 Å². The van der Waals surface area contributed by atoms with E-state index in [1.54, 1.807) is 6.20 Å². The molecule has 2 aromatic heterocycles. The summed E-state index contributed by atoms with van der Waals surface area (Å²) >= 11 is 13.7. The molecule has 17 heavy (non-hydrogen) atoms. The molecule has 0 atom stereocenters. The van der Waals surface area contributed by atoms with Gasteiger partial charge in [0.1, 0.15) is 10.2 Å². The van der Waals surface area contributed by atoms with E-state index in [0.717, 1.165) is 20.8 Å². The summed E-state index contributed by atoms with van der Waals surface area (Å²) < 4.78 is 0.893. The van der Waals surface area contributed by atoms with Crippen molar-refractivity contribution < 1.29 is 0 Å². The lowest BCUT2D eigenvalue weighted by Gasteiger charge is -1.97. The van der Waals surface area contributed by atoms with Gasteiger partial charge in [-0.3, -0.25) is 0 Å². The molecular weight excluding hydrogens is 275 g/mol. The molecule has 0 bridgehead atoms. The molecule has 0 amide bonds. The van der Waals surface area contributed by atoms with Gasteiger partial charge in [-0.05, 0) is 12.1 Å². The summed E-state index contributed by atoms with van der Waals surface area (Å²) in [5.74, 6) is 0. The van der Waals surface area contributed by atoms with Gasteiger partial charge in [-0.2, -0.15) is 0 Å². The van der Waals surface area contributed by atoms with Crippen LogP contribution in [0, 0.1) is 0 Å². The van der Waals surface area contributed by atoms with Crippen molar-refractivity contribution in [3.63, 3.8) is 0 Å². The third-order valence-electron chi connectivity index (χ3n) is 2.37. The molecule has 0 aliphatic rings. The molecule has 0 aliphatic carbocycles. The number of nitrogens with zero attached hydrogens (tertiary/aromatic N) is 2. The highest BCUT2D eigenvalue weighted by Crippen LogP contribution is 2.36. The standard InChI is InChI=1S/C12H6Cl2N2S/c13-8-4-2-1-3-7(8)12-16-9-5-6-15-11(14)10(9)17-12/h1-6H. The van der Waals surface area contributed by atoms with Gasteiger partial charge in [0.25, 0.3) is 0 Å². The molecule has 5 heteroatoms. The molecule has 2 nitrogen and oxygen atoms in total. The average Bonchev–Trinajstić information content (AvgIpc) is 2.75. The Hall–Kier alpha value is -1.16. The Morgan fingerprint density at radius 2 is 1.88 bits per heavy atom. The van der Waals surface area contributed by atoms with Gasteiger partial charge in [-0.15, -0.1) is 11.3 Å². The Morgan fingerprint density at radius 3 is 2.65 bits per heavy atom. The first kappa shape index (κ1) is 11.0. The van der Waals surface area contributed by atoms with E-state index in [4.69, 9.17) is 23.2 Å². The van der Waals surface area contributed by atoms with Crippen LogP contribution in [0.1, 0.15) is 0 Å². The molecule has 1 aromatic carbocycles. The second kappa shape index (κ2) is 4.26. The molecule has 3 rings (SSSR count). The van der Waals surface area contributed by atoms with Crippen LogP contribution in [0.25, 0.3) is 20.8 Å². The van der Waals surface area contributed by atoms with E-state index in [1.807, 2.05) is 30.3 Å². The number of hydrogen-bond donors (Lipinski definition) is 0. The van der Waals surface area contributed by atoms with Crippen LogP contribution in [0.3, 0.4) is 0 Å². The third kappa shape index (κ3) is 1.90. The van der Waals surface area contributed by atoms with Crippen molar-refractivity contribution in [2.75, 3.05) is 0 Å². The van der Waals surface area contributed by atoms with Crippen molar-refractivity contribution in [1.82, 2.24) is 9.97 Å². The molecule has 84 valence electrons. The summed E-state index contributed by atoms with van der Waals surface area (Å²) in [7, 11) is 0. The predicted octanol–water partition coefficient (Wildman–Crippen LogP) is 4.67. The number of fused-ring (bicyclic) bond motifs is 1. The summed E-state index contributed by atoms with van der Waals surface area (Å²) in [5, 5.41) is 2.04. The molecule has 0 fully saturated rings. The van der Waals surface area contributed by atoms with Crippen molar-refractivity contribution >= 4 is 44.8 Å².